The normalized spacial score (nSPS) is 22.6. The molecule has 1 aliphatic heterocycles. The zero-order chi connectivity index (χ0) is 13.7. The Hall–Kier alpha value is -2.11. The summed E-state index contributed by atoms with van der Waals surface area (Å²) in [6, 6.07) is 1.86. The lowest BCUT2D eigenvalue weighted by molar-refractivity contribution is -0.119. The van der Waals surface area contributed by atoms with E-state index in [1.807, 2.05) is 15.6 Å². The van der Waals surface area contributed by atoms with Crippen molar-refractivity contribution in [2.75, 3.05) is 11.4 Å². The minimum Gasteiger partial charge on any atom is -0.368 e. The van der Waals surface area contributed by atoms with Crippen LogP contribution in [-0.2, 0) is 4.79 Å². The third-order valence-corrected chi connectivity index (χ3v) is 4.24. The molecule has 4 rings (SSSR count). The number of hydrogen-bond acceptors (Lipinski definition) is 4. The highest BCUT2D eigenvalue weighted by Gasteiger charge is 2.32. The molecular formula is C14H17N5O. The fraction of sp³-hybridized carbons (Fsp3) is 0.500. The summed E-state index contributed by atoms with van der Waals surface area (Å²) < 4.78 is 1.87. The number of hydrogen-bond donors (Lipinski definition) is 1. The van der Waals surface area contributed by atoms with Crippen LogP contribution < -0.4 is 10.6 Å². The van der Waals surface area contributed by atoms with Gasteiger partial charge in [-0.15, -0.1) is 0 Å². The summed E-state index contributed by atoms with van der Waals surface area (Å²) in [5.74, 6) is 1.16. The number of fused-ring (bicyclic) bond motifs is 1. The van der Waals surface area contributed by atoms with E-state index in [9.17, 15) is 4.79 Å². The van der Waals surface area contributed by atoms with Crippen LogP contribution in [0.4, 0.5) is 5.82 Å². The Bertz CT molecular complexity index is 675. The number of carbonyl (C=O) groups excluding carboxylic acids is 1. The van der Waals surface area contributed by atoms with E-state index in [0.29, 0.717) is 5.92 Å². The first kappa shape index (κ1) is 11.7. The maximum Gasteiger partial charge on any atom is 0.240 e. The third kappa shape index (κ3) is 1.75. The van der Waals surface area contributed by atoms with E-state index in [4.69, 9.17) is 5.73 Å². The van der Waals surface area contributed by atoms with E-state index >= 15 is 0 Å². The number of amides is 1. The van der Waals surface area contributed by atoms with Crippen LogP contribution in [-0.4, -0.2) is 33.1 Å². The Balaban J connectivity index is 1.80. The summed E-state index contributed by atoms with van der Waals surface area (Å²) in [7, 11) is 0. The largest absolute Gasteiger partial charge is 0.368 e. The molecule has 1 amide bonds. The molecule has 1 saturated carbocycles. The highest BCUT2D eigenvalue weighted by atomic mass is 16.1. The summed E-state index contributed by atoms with van der Waals surface area (Å²) in [5, 5.41) is 4.61. The SMILES string of the molecule is NC(=O)C1CCCN1c1nccn2nc(C3CC3)cc12. The Labute approximate surface area is 116 Å². The summed E-state index contributed by atoms with van der Waals surface area (Å²) in [6.07, 6.45) is 7.82. The van der Waals surface area contributed by atoms with Crippen molar-refractivity contribution in [1.82, 2.24) is 14.6 Å². The number of nitrogens with zero attached hydrogens (tertiary/aromatic N) is 4. The predicted octanol–water partition coefficient (Wildman–Crippen LogP) is 1.06. The van der Waals surface area contributed by atoms with Gasteiger partial charge in [-0.1, -0.05) is 0 Å². The maximum atomic E-state index is 11.6. The topological polar surface area (TPSA) is 76.5 Å². The Morgan fingerprint density at radius 2 is 2.20 bits per heavy atom. The lowest BCUT2D eigenvalue weighted by Crippen LogP contribution is -2.40. The summed E-state index contributed by atoms with van der Waals surface area (Å²) >= 11 is 0. The first-order chi connectivity index (χ1) is 9.74. The fourth-order valence-electron chi connectivity index (χ4n) is 3.04. The van der Waals surface area contributed by atoms with Gasteiger partial charge < -0.3 is 10.6 Å². The van der Waals surface area contributed by atoms with E-state index < -0.39 is 0 Å². The summed E-state index contributed by atoms with van der Waals surface area (Å²) in [6.45, 7) is 0.824. The molecule has 6 heteroatoms. The van der Waals surface area contributed by atoms with Gasteiger partial charge in [0.1, 0.15) is 11.6 Å². The van der Waals surface area contributed by atoms with E-state index in [1.54, 1.807) is 6.20 Å². The van der Waals surface area contributed by atoms with Gasteiger partial charge in [0.15, 0.2) is 5.82 Å². The zero-order valence-corrected chi connectivity index (χ0v) is 11.2. The molecule has 2 aliphatic rings. The molecule has 2 N–H and O–H groups in total. The zero-order valence-electron chi connectivity index (χ0n) is 11.2. The highest BCUT2D eigenvalue weighted by Crippen LogP contribution is 2.40. The van der Waals surface area contributed by atoms with E-state index in [-0.39, 0.29) is 11.9 Å². The van der Waals surface area contributed by atoms with E-state index in [1.165, 1.54) is 12.8 Å². The van der Waals surface area contributed by atoms with Crippen LogP contribution in [0.1, 0.15) is 37.3 Å². The number of carbonyl (C=O) groups is 1. The molecule has 104 valence electrons. The van der Waals surface area contributed by atoms with Gasteiger partial charge in [0.2, 0.25) is 5.91 Å². The van der Waals surface area contributed by atoms with E-state index in [0.717, 1.165) is 36.4 Å². The van der Waals surface area contributed by atoms with Gasteiger partial charge in [0.25, 0.3) is 0 Å². The lowest BCUT2D eigenvalue weighted by atomic mass is 10.2. The minimum absolute atomic E-state index is 0.243. The van der Waals surface area contributed by atoms with Crippen molar-refractivity contribution in [3.63, 3.8) is 0 Å². The minimum atomic E-state index is -0.270. The van der Waals surface area contributed by atoms with Crippen LogP contribution in [0, 0.1) is 0 Å². The van der Waals surface area contributed by atoms with Gasteiger partial charge in [-0.25, -0.2) is 9.50 Å². The highest BCUT2D eigenvalue weighted by molar-refractivity contribution is 5.86. The number of anilines is 1. The fourth-order valence-corrected chi connectivity index (χ4v) is 3.04. The molecule has 20 heavy (non-hydrogen) atoms. The van der Waals surface area contributed by atoms with Gasteiger partial charge in [-0.2, -0.15) is 5.10 Å². The van der Waals surface area contributed by atoms with Crippen molar-refractivity contribution in [3.8, 4) is 0 Å². The second-order valence-electron chi connectivity index (χ2n) is 5.68. The molecular weight excluding hydrogens is 254 g/mol. The number of aromatic nitrogens is 3. The predicted molar refractivity (Wildman–Crippen MR) is 74.5 cm³/mol. The number of primary amides is 1. The smallest absolute Gasteiger partial charge is 0.240 e. The third-order valence-electron chi connectivity index (χ3n) is 4.24. The molecule has 3 heterocycles. The van der Waals surface area contributed by atoms with Crippen LogP contribution >= 0.6 is 0 Å². The molecule has 0 spiro atoms. The molecule has 1 unspecified atom stereocenters. The second kappa shape index (κ2) is 4.19. The molecule has 2 aromatic rings. The van der Waals surface area contributed by atoms with Crippen LogP contribution in [0.25, 0.3) is 5.52 Å². The van der Waals surface area contributed by atoms with Crippen LogP contribution in [0.3, 0.4) is 0 Å². The van der Waals surface area contributed by atoms with Crippen molar-refractivity contribution in [2.24, 2.45) is 5.73 Å². The lowest BCUT2D eigenvalue weighted by Gasteiger charge is -2.23. The van der Waals surface area contributed by atoms with Crippen molar-refractivity contribution in [1.29, 1.82) is 0 Å². The molecule has 0 aromatic carbocycles. The molecule has 1 aliphatic carbocycles. The van der Waals surface area contributed by atoms with Gasteiger partial charge >= 0.3 is 0 Å². The van der Waals surface area contributed by atoms with Crippen molar-refractivity contribution in [2.45, 2.75) is 37.6 Å². The van der Waals surface area contributed by atoms with Crippen LogP contribution in [0.15, 0.2) is 18.5 Å². The Morgan fingerprint density at radius 3 is 2.95 bits per heavy atom. The first-order valence-electron chi connectivity index (χ1n) is 7.14. The van der Waals surface area contributed by atoms with Gasteiger partial charge in [0.05, 0.1) is 5.69 Å². The van der Waals surface area contributed by atoms with E-state index in [2.05, 4.69) is 16.1 Å². The molecule has 1 atom stereocenters. The monoisotopic (exact) mass is 271 g/mol. The quantitative estimate of drug-likeness (QED) is 0.905. The summed E-state index contributed by atoms with van der Waals surface area (Å²) in [5.41, 5.74) is 7.61. The standard InChI is InChI=1S/C14H17N5O/c15-13(20)11-2-1-6-18(11)14-12-8-10(9-3-4-9)17-19(12)7-5-16-14/h5,7-9,11H,1-4,6H2,(H2,15,20). The molecule has 2 aromatic heterocycles. The number of nitrogens with two attached hydrogens (primary N) is 1. The average molecular weight is 271 g/mol. The molecule has 1 saturated heterocycles. The van der Waals surface area contributed by atoms with Crippen molar-refractivity contribution in [3.05, 3.63) is 24.2 Å². The van der Waals surface area contributed by atoms with Gasteiger partial charge in [-0.3, -0.25) is 4.79 Å². The molecule has 2 fully saturated rings. The van der Waals surface area contributed by atoms with Crippen molar-refractivity contribution < 1.29 is 4.79 Å². The van der Waals surface area contributed by atoms with Crippen LogP contribution in [0.5, 0.6) is 0 Å². The second-order valence-corrected chi connectivity index (χ2v) is 5.68. The van der Waals surface area contributed by atoms with Crippen molar-refractivity contribution >= 4 is 17.2 Å². The summed E-state index contributed by atoms with van der Waals surface area (Å²) in [4.78, 5) is 18.1. The van der Waals surface area contributed by atoms with Crippen LogP contribution in [0.2, 0.25) is 0 Å². The number of rotatable bonds is 3. The first-order valence-corrected chi connectivity index (χ1v) is 7.14. The Morgan fingerprint density at radius 1 is 1.35 bits per heavy atom. The van der Waals surface area contributed by atoms with Gasteiger partial charge in [-0.05, 0) is 31.7 Å². The molecule has 0 bridgehead atoms. The Kier molecular flexibility index (Phi) is 2.45. The van der Waals surface area contributed by atoms with Gasteiger partial charge in [0, 0.05) is 24.9 Å². The average Bonchev–Trinajstić information content (AvgIpc) is 3.02. The maximum absolute atomic E-state index is 11.6. The molecule has 0 radical (unpaired) electrons. The molecule has 6 nitrogen and oxygen atoms in total.